The Balaban J connectivity index is 0.00000256. The first kappa shape index (κ1) is 15.9. The topological polar surface area (TPSA) is 48.1 Å². The third kappa shape index (κ3) is 4.74. The molecule has 2 N–H and O–H groups in total. The number of pyridine rings is 1. The van der Waals surface area contributed by atoms with Crippen molar-refractivity contribution in [3.8, 4) is 5.88 Å². The van der Waals surface area contributed by atoms with Crippen molar-refractivity contribution in [2.24, 2.45) is 5.73 Å². The summed E-state index contributed by atoms with van der Waals surface area (Å²) in [6.45, 7) is -1.15. The number of rotatable bonds is 5. The summed E-state index contributed by atoms with van der Waals surface area (Å²) in [4.78, 5) is 3.63. The molecule has 0 spiro atoms. The third-order valence-electron chi connectivity index (χ3n) is 1.77. The summed E-state index contributed by atoms with van der Waals surface area (Å²) in [5.74, 6) is -4.31. The van der Waals surface area contributed by atoms with Gasteiger partial charge in [-0.2, -0.15) is 8.78 Å². The van der Waals surface area contributed by atoms with Crippen LogP contribution in [0.15, 0.2) is 18.3 Å². The highest BCUT2D eigenvalue weighted by Gasteiger charge is 2.41. The van der Waals surface area contributed by atoms with Gasteiger partial charge in [0.1, 0.15) is 0 Å². The van der Waals surface area contributed by atoms with Crippen molar-refractivity contribution in [1.29, 1.82) is 0 Å². The van der Waals surface area contributed by atoms with Gasteiger partial charge < -0.3 is 10.5 Å². The van der Waals surface area contributed by atoms with Gasteiger partial charge in [0.25, 0.3) is 0 Å². The fourth-order valence-electron chi connectivity index (χ4n) is 0.850. The number of aromatic nitrogens is 1. The molecule has 98 valence electrons. The molecule has 1 aromatic rings. The molecule has 17 heavy (non-hydrogen) atoms. The van der Waals surface area contributed by atoms with Gasteiger partial charge in [-0.1, -0.05) is 6.07 Å². The van der Waals surface area contributed by atoms with Gasteiger partial charge in [-0.25, -0.2) is 13.8 Å². The van der Waals surface area contributed by atoms with E-state index >= 15 is 0 Å². The summed E-state index contributed by atoms with van der Waals surface area (Å²) in [6.07, 6.45) is -2.42. The lowest BCUT2D eigenvalue weighted by Gasteiger charge is -2.15. The van der Waals surface area contributed by atoms with Crippen LogP contribution >= 0.6 is 12.4 Å². The fourth-order valence-corrected chi connectivity index (χ4v) is 0.850. The Morgan fingerprint density at radius 3 is 2.41 bits per heavy atom. The van der Waals surface area contributed by atoms with Gasteiger partial charge in [0.2, 0.25) is 5.88 Å². The fraction of sp³-hybridized carbons (Fsp3) is 0.444. The molecule has 3 nitrogen and oxygen atoms in total. The molecule has 8 heteroatoms. The molecular weight excluding hydrogens is 264 g/mol. The second-order valence-electron chi connectivity index (χ2n) is 3.06. The number of alkyl halides is 4. The van der Waals surface area contributed by atoms with Crippen LogP contribution in [0.25, 0.3) is 0 Å². The van der Waals surface area contributed by atoms with Crippen LogP contribution in [0.4, 0.5) is 17.6 Å². The molecule has 0 aliphatic heterocycles. The minimum Gasteiger partial charge on any atom is -0.471 e. The molecule has 1 heterocycles. The second kappa shape index (κ2) is 6.61. The smallest absolute Gasteiger partial charge is 0.340 e. The maximum absolute atomic E-state index is 12.5. The molecule has 1 aromatic heterocycles. The Kier molecular flexibility index (Phi) is 6.19. The Hall–Kier alpha value is -1.08. The average molecular weight is 275 g/mol. The Bertz CT molecular complexity index is 334. The van der Waals surface area contributed by atoms with Crippen molar-refractivity contribution in [3.05, 3.63) is 23.9 Å². The molecule has 0 unspecified atom stereocenters. The Labute approximate surface area is 101 Å². The molecule has 1 rings (SSSR count). The van der Waals surface area contributed by atoms with Crippen LogP contribution in [-0.4, -0.2) is 23.9 Å². The zero-order chi connectivity index (χ0) is 12.2. The molecule has 0 saturated heterocycles. The molecule has 0 radical (unpaired) electrons. The average Bonchev–Trinajstić information content (AvgIpc) is 2.27. The van der Waals surface area contributed by atoms with Crippen LogP contribution in [-0.2, 0) is 6.54 Å². The second-order valence-corrected chi connectivity index (χ2v) is 3.06. The van der Waals surface area contributed by atoms with E-state index < -0.39 is 19.0 Å². The van der Waals surface area contributed by atoms with Crippen molar-refractivity contribution in [2.45, 2.75) is 18.9 Å². The maximum Gasteiger partial charge on any atom is 0.340 e. The van der Waals surface area contributed by atoms with E-state index in [1.165, 1.54) is 18.3 Å². The molecule has 0 atom stereocenters. The van der Waals surface area contributed by atoms with E-state index in [9.17, 15) is 17.6 Å². The minimum atomic E-state index is -4.17. The van der Waals surface area contributed by atoms with Gasteiger partial charge in [-0.15, -0.1) is 12.4 Å². The van der Waals surface area contributed by atoms with Crippen LogP contribution in [0.5, 0.6) is 5.88 Å². The number of nitrogens with zero attached hydrogens (tertiary/aromatic N) is 1. The van der Waals surface area contributed by atoms with Crippen LogP contribution in [0.1, 0.15) is 5.56 Å². The standard InChI is InChI=1S/C9H10F4N2O.ClH/c10-8(11)9(12,13)5-16-7-2-1-6(3-14)4-15-7;/h1-2,4,8H,3,5,14H2;1H. The normalized spacial score (nSPS) is 11.2. The Morgan fingerprint density at radius 1 is 1.35 bits per heavy atom. The predicted molar refractivity (Wildman–Crippen MR) is 55.8 cm³/mol. The third-order valence-corrected chi connectivity index (χ3v) is 1.77. The van der Waals surface area contributed by atoms with Crippen molar-refractivity contribution >= 4 is 12.4 Å². The number of halogens is 5. The van der Waals surface area contributed by atoms with Crippen LogP contribution in [0.3, 0.4) is 0 Å². The van der Waals surface area contributed by atoms with Crippen molar-refractivity contribution < 1.29 is 22.3 Å². The summed E-state index contributed by atoms with van der Waals surface area (Å²) < 4.78 is 52.9. The van der Waals surface area contributed by atoms with Gasteiger partial charge in [-0.05, 0) is 5.56 Å². The van der Waals surface area contributed by atoms with E-state index in [0.29, 0.717) is 5.56 Å². The Morgan fingerprint density at radius 2 is 2.00 bits per heavy atom. The number of hydrogen-bond acceptors (Lipinski definition) is 3. The summed E-state index contributed by atoms with van der Waals surface area (Å²) in [5, 5.41) is 0. The van der Waals surface area contributed by atoms with E-state index in [1.54, 1.807) is 0 Å². The summed E-state index contributed by atoms with van der Waals surface area (Å²) in [7, 11) is 0. The number of ether oxygens (including phenoxy) is 1. The van der Waals surface area contributed by atoms with Gasteiger partial charge in [0, 0.05) is 18.8 Å². The van der Waals surface area contributed by atoms with E-state index in [4.69, 9.17) is 5.73 Å². The van der Waals surface area contributed by atoms with E-state index in [0.717, 1.165) is 0 Å². The lowest BCUT2D eigenvalue weighted by Crippen LogP contribution is -2.33. The maximum atomic E-state index is 12.5. The molecule has 0 aromatic carbocycles. The zero-order valence-electron chi connectivity index (χ0n) is 8.58. The summed E-state index contributed by atoms with van der Waals surface area (Å²) in [6, 6.07) is 2.81. The van der Waals surface area contributed by atoms with Crippen molar-refractivity contribution in [3.63, 3.8) is 0 Å². The summed E-state index contributed by atoms with van der Waals surface area (Å²) >= 11 is 0. The minimum absolute atomic E-state index is 0. The first-order valence-corrected chi connectivity index (χ1v) is 4.39. The monoisotopic (exact) mass is 274 g/mol. The molecule has 0 amide bonds. The van der Waals surface area contributed by atoms with Gasteiger partial charge >= 0.3 is 12.3 Å². The van der Waals surface area contributed by atoms with E-state index in [-0.39, 0.29) is 24.8 Å². The molecule has 0 fully saturated rings. The highest BCUT2D eigenvalue weighted by molar-refractivity contribution is 5.85. The largest absolute Gasteiger partial charge is 0.471 e. The van der Waals surface area contributed by atoms with Crippen molar-refractivity contribution in [1.82, 2.24) is 4.98 Å². The number of nitrogens with two attached hydrogens (primary N) is 1. The van der Waals surface area contributed by atoms with Crippen LogP contribution in [0, 0.1) is 0 Å². The van der Waals surface area contributed by atoms with Gasteiger partial charge in [0.05, 0.1) is 0 Å². The van der Waals surface area contributed by atoms with Gasteiger partial charge in [0.15, 0.2) is 6.61 Å². The van der Waals surface area contributed by atoms with Crippen molar-refractivity contribution in [2.75, 3.05) is 6.61 Å². The van der Waals surface area contributed by atoms with Gasteiger partial charge in [-0.3, -0.25) is 0 Å². The highest BCUT2D eigenvalue weighted by atomic mass is 35.5. The SMILES string of the molecule is Cl.NCc1ccc(OCC(F)(F)C(F)F)nc1. The van der Waals surface area contributed by atoms with Crippen LogP contribution in [0.2, 0.25) is 0 Å². The zero-order valence-corrected chi connectivity index (χ0v) is 9.39. The lowest BCUT2D eigenvalue weighted by molar-refractivity contribution is -0.148. The molecule has 0 aliphatic rings. The summed E-state index contributed by atoms with van der Waals surface area (Å²) in [5.41, 5.74) is 5.97. The predicted octanol–water partition coefficient (Wildman–Crippen LogP) is 2.24. The molecule has 0 bridgehead atoms. The lowest BCUT2D eigenvalue weighted by atomic mass is 10.3. The first-order valence-electron chi connectivity index (χ1n) is 4.39. The van der Waals surface area contributed by atoms with E-state index in [2.05, 4.69) is 9.72 Å². The van der Waals surface area contributed by atoms with E-state index in [1.807, 2.05) is 0 Å². The number of hydrogen-bond donors (Lipinski definition) is 1. The quantitative estimate of drug-likeness (QED) is 0.838. The molecular formula is C9H11ClF4N2O. The molecule has 0 saturated carbocycles. The first-order chi connectivity index (χ1) is 7.45. The van der Waals surface area contributed by atoms with Crippen LogP contribution < -0.4 is 10.5 Å². The highest BCUT2D eigenvalue weighted by Crippen LogP contribution is 2.23. The molecule has 0 aliphatic carbocycles.